The lowest BCUT2D eigenvalue weighted by Gasteiger charge is -2.16. The van der Waals surface area contributed by atoms with Crippen molar-refractivity contribution in [1.29, 1.82) is 0 Å². The van der Waals surface area contributed by atoms with Gasteiger partial charge in [0.15, 0.2) is 8.68 Å². The largest absolute Gasteiger partial charge is 0.492 e. The van der Waals surface area contributed by atoms with Crippen molar-refractivity contribution in [3.05, 3.63) is 40.7 Å². The lowest BCUT2D eigenvalue weighted by molar-refractivity contribution is 0.286. The number of hydrogen-bond donors (Lipinski definition) is 0. The van der Waals surface area contributed by atoms with Crippen molar-refractivity contribution in [2.24, 2.45) is 0 Å². The van der Waals surface area contributed by atoms with Crippen LogP contribution in [0.15, 0.2) is 34.7 Å². The Kier molecular flexibility index (Phi) is 5.15. The molecule has 1 aromatic heterocycles. The van der Waals surface area contributed by atoms with Gasteiger partial charge >= 0.3 is 0 Å². The molecule has 1 heterocycles. The third kappa shape index (κ3) is 4.13. The van der Waals surface area contributed by atoms with Gasteiger partial charge in [-0.05, 0) is 24.3 Å². The van der Waals surface area contributed by atoms with Crippen molar-refractivity contribution in [3.8, 4) is 5.75 Å². The van der Waals surface area contributed by atoms with Gasteiger partial charge in [0.25, 0.3) is 10.0 Å². The van der Waals surface area contributed by atoms with Gasteiger partial charge in [-0.2, -0.15) is 4.31 Å². The first-order chi connectivity index (χ1) is 9.89. The molecule has 0 bridgehead atoms. The average molecular weight is 351 g/mol. The molecule has 2 aromatic rings. The lowest BCUT2D eigenvalue weighted by atomic mass is 10.3. The van der Waals surface area contributed by atoms with E-state index in [1.807, 2.05) is 0 Å². The number of aromatic nitrogens is 1. The van der Waals surface area contributed by atoms with E-state index >= 15 is 0 Å². The quantitative estimate of drug-likeness (QED) is 0.803. The minimum absolute atomic E-state index is 0.0804. The number of sulfonamides is 1. The Bertz CT molecular complexity index is 704. The minimum atomic E-state index is -3.61. The number of thiazole rings is 1. The number of rotatable bonds is 6. The molecule has 2 rings (SSSR count). The van der Waals surface area contributed by atoms with Crippen LogP contribution in [0.4, 0.5) is 4.39 Å². The second-order valence-electron chi connectivity index (χ2n) is 4.06. The number of likely N-dealkylation sites (N-methyl/N-ethyl adjacent to an activating group) is 1. The van der Waals surface area contributed by atoms with Crippen LogP contribution in [0.1, 0.15) is 0 Å². The summed E-state index contributed by atoms with van der Waals surface area (Å²) in [5, 5.41) is 0. The number of hydrogen-bond acceptors (Lipinski definition) is 5. The smallest absolute Gasteiger partial charge is 0.254 e. The van der Waals surface area contributed by atoms with Gasteiger partial charge in [0.2, 0.25) is 0 Å². The molecule has 0 aliphatic heterocycles. The molecular weight excluding hydrogens is 339 g/mol. The molecule has 5 nitrogen and oxygen atoms in total. The van der Waals surface area contributed by atoms with Gasteiger partial charge < -0.3 is 4.74 Å². The van der Waals surface area contributed by atoms with E-state index in [1.54, 1.807) is 0 Å². The highest BCUT2D eigenvalue weighted by atomic mass is 35.5. The van der Waals surface area contributed by atoms with Crippen molar-refractivity contribution in [2.45, 2.75) is 4.21 Å². The van der Waals surface area contributed by atoms with Gasteiger partial charge in [0, 0.05) is 13.6 Å². The molecule has 0 radical (unpaired) electrons. The second kappa shape index (κ2) is 6.69. The molecule has 114 valence electrons. The molecule has 0 amide bonds. The maximum absolute atomic E-state index is 12.7. The van der Waals surface area contributed by atoms with Crippen molar-refractivity contribution in [2.75, 3.05) is 20.2 Å². The van der Waals surface area contributed by atoms with Crippen molar-refractivity contribution < 1.29 is 17.5 Å². The SMILES string of the molecule is CN(CCOc1ccc(F)cc1)S(=O)(=O)c1cnc(Cl)s1. The zero-order valence-electron chi connectivity index (χ0n) is 11.0. The molecule has 0 N–H and O–H groups in total. The molecule has 9 heteroatoms. The van der Waals surface area contributed by atoms with Crippen molar-refractivity contribution in [1.82, 2.24) is 9.29 Å². The monoisotopic (exact) mass is 350 g/mol. The Morgan fingerprint density at radius 2 is 2.05 bits per heavy atom. The van der Waals surface area contributed by atoms with Crippen LogP contribution in [0.3, 0.4) is 0 Å². The van der Waals surface area contributed by atoms with Crippen LogP contribution in [0.5, 0.6) is 5.75 Å². The summed E-state index contributed by atoms with van der Waals surface area (Å²) in [4.78, 5) is 3.71. The second-order valence-corrected chi connectivity index (χ2v) is 7.95. The van der Waals surface area contributed by atoms with Crippen LogP contribution < -0.4 is 4.74 Å². The standard InChI is InChI=1S/C12H12ClFN2O3S2/c1-16(21(17,18)11-8-15-12(13)20-11)6-7-19-10-4-2-9(14)3-5-10/h2-5,8H,6-7H2,1H3. The first-order valence-corrected chi connectivity index (χ1v) is 8.49. The number of halogens is 2. The van der Waals surface area contributed by atoms with E-state index in [0.717, 1.165) is 15.6 Å². The molecule has 0 saturated heterocycles. The molecule has 0 fully saturated rings. The lowest BCUT2D eigenvalue weighted by Crippen LogP contribution is -2.30. The third-order valence-electron chi connectivity index (χ3n) is 2.61. The average Bonchev–Trinajstić information content (AvgIpc) is 2.88. The summed E-state index contributed by atoms with van der Waals surface area (Å²) in [5.74, 6) is 0.118. The van der Waals surface area contributed by atoms with Crippen LogP contribution in [0, 0.1) is 5.82 Å². The molecule has 21 heavy (non-hydrogen) atoms. The maximum atomic E-state index is 12.7. The molecule has 0 saturated carbocycles. The van der Waals surface area contributed by atoms with Gasteiger partial charge in [0.1, 0.15) is 18.2 Å². The molecule has 1 aromatic carbocycles. The van der Waals surface area contributed by atoms with Crippen LogP contribution in [-0.4, -0.2) is 37.9 Å². The first kappa shape index (κ1) is 16.2. The van der Waals surface area contributed by atoms with Gasteiger partial charge in [-0.25, -0.2) is 17.8 Å². The van der Waals surface area contributed by atoms with Crippen LogP contribution in [0.25, 0.3) is 0 Å². The zero-order chi connectivity index (χ0) is 15.5. The number of benzene rings is 1. The van der Waals surface area contributed by atoms with E-state index in [1.165, 1.54) is 37.5 Å². The van der Waals surface area contributed by atoms with Gasteiger partial charge in [-0.3, -0.25) is 0 Å². The highest BCUT2D eigenvalue weighted by Crippen LogP contribution is 2.24. The molecular formula is C12H12ClFN2O3S2. The minimum Gasteiger partial charge on any atom is -0.492 e. The molecule has 0 atom stereocenters. The summed E-state index contributed by atoms with van der Waals surface area (Å²) < 4.78 is 43.8. The van der Waals surface area contributed by atoms with Crippen LogP contribution in [-0.2, 0) is 10.0 Å². The predicted molar refractivity (Wildman–Crippen MR) is 78.8 cm³/mol. The summed E-state index contributed by atoms with van der Waals surface area (Å²) in [5.41, 5.74) is 0. The van der Waals surface area contributed by atoms with Crippen LogP contribution in [0.2, 0.25) is 4.47 Å². The Hall–Kier alpha value is -1.22. The van der Waals surface area contributed by atoms with E-state index in [0.29, 0.717) is 5.75 Å². The zero-order valence-corrected chi connectivity index (χ0v) is 13.4. The highest BCUT2D eigenvalue weighted by Gasteiger charge is 2.23. The Morgan fingerprint density at radius 1 is 1.38 bits per heavy atom. The summed E-state index contributed by atoms with van der Waals surface area (Å²) in [6.45, 7) is 0.295. The predicted octanol–water partition coefficient (Wildman–Crippen LogP) is 2.64. The van der Waals surface area contributed by atoms with Gasteiger partial charge in [-0.15, -0.1) is 0 Å². The fourth-order valence-electron chi connectivity index (χ4n) is 1.46. The Morgan fingerprint density at radius 3 is 2.62 bits per heavy atom. The van der Waals surface area contributed by atoms with E-state index in [2.05, 4.69) is 4.98 Å². The molecule has 0 spiro atoms. The maximum Gasteiger partial charge on any atom is 0.254 e. The first-order valence-electron chi connectivity index (χ1n) is 5.85. The van der Waals surface area contributed by atoms with E-state index < -0.39 is 10.0 Å². The topological polar surface area (TPSA) is 59.5 Å². The fourth-order valence-corrected chi connectivity index (χ4v) is 4.12. The third-order valence-corrected chi connectivity index (χ3v) is 6.02. The molecule has 0 unspecified atom stereocenters. The van der Waals surface area contributed by atoms with Gasteiger partial charge in [0.05, 0.1) is 6.20 Å². The Labute approximate surface area is 131 Å². The van der Waals surface area contributed by atoms with Crippen molar-refractivity contribution in [3.63, 3.8) is 0 Å². The summed E-state index contributed by atoms with van der Waals surface area (Å²) >= 11 is 6.53. The van der Waals surface area contributed by atoms with Crippen LogP contribution >= 0.6 is 22.9 Å². The normalized spacial score (nSPS) is 11.8. The van der Waals surface area contributed by atoms with E-state index in [-0.39, 0.29) is 27.6 Å². The van der Waals surface area contributed by atoms with E-state index in [9.17, 15) is 12.8 Å². The van der Waals surface area contributed by atoms with E-state index in [4.69, 9.17) is 16.3 Å². The fraction of sp³-hybridized carbons (Fsp3) is 0.250. The summed E-state index contributed by atoms with van der Waals surface area (Å²) in [6.07, 6.45) is 1.22. The number of ether oxygens (including phenoxy) is 1. The Balaban J connectivity index is 1.92. The van der Waals surface area contributed by atoms with Gasteiger partial charge in [-0.1, -0.05) is 22.9 Å². The summed E-state index contributed by atoms with van der Waals surface area (Å²) in [6, 6.07) is 5.50. The summed E-state index contributed by atoms with van der Waals surface area (Å²) in [7, 11) is -2.17. The number of nitrogens with zero attached hydrogens (tertiary/aromatic N) is 2. The highest BCUT2D eigenvalue weighted by molar-refractivity contribution is 7.91. The molecule has 0 aliphatic rings. The molecule has 0 aliphatic carbocycles. The van der Waals surface area contributed by atoms with Crippen molar-refractivity contribution >= 4 is 33.0 Å².